The number of rotatable bonds is 7. The number of carbonyl (C=O) groups is 1. The quantitative estimate of drug-likeness (QED) is 0.762. The molecule has 23 heavy (non-hydrogen) atoms. The van der Waals surface area contributed by atoms with Crippen LogP contribution >= 0.6 is 0 Å². The van der Waals surface area contributed by atoms with Crippen molar-refractivity contribution in [2.45, 2.75) is 37.5 Å². The zero-order valence-electron chi connectivity index (χ0n) is 13.9. The van der Waals surface area contributed by atoms with Gasteiger partial charge in [0.1, 0.15) is 10.8 Å². The highest BCUT2D eigenvalue weighted by molar-refractivity contribution is 7.91. The van der Waals surface area contributed by atoms with Crippen molar-refractivity contribution in [1.29, 1.82) is 0 Å². The Kier molecular flexibility index (Phi) is 5.13. The number of hydrogen-bond donors (Lipinski definition) is 1. The number of hydrogen-bond acceptors (Lipinski definition) is 5. The number of aryl methyl sites for hydroxylation is 2. The van der Waals surface area contributed by atoms with Crippen LogP contribution in [0, 0.1) is 13.8 Å². The number of sulfonamides is 1. The van der Waals surface area contributed by atoms with Crippen molar-refractivity contribution < 1.29 is 22.7 Å². The standard InChI is InChI=1S/C16H23NO5S/c1-11-7-12(2)9-13(8-11)14(15(18)22-4)17-23(19,20)16(5-6-16)10-21-3/h7-9,14,17H,5-6,10H2,1-4H3/t14-/m1/s1. The molecular formula is C16H23NO5S. The van der Waals surface area contributed by atoms with E-state index in [2.05, 4.69) is 4.72 Å². The molecule has 0 saturated heterocycles. The summed E-state index contributed by atoms with van der Waals surface area (Å²) in [7, 11) is -1.00. The minimum atomic E-state index is -3.71. The average molecular weight is 341 g/mol. The van der Waals surface area contributed by atoms with Crippen LogP contribution in [0.25, 0.3) is 0 Å². The summed E-state index contributed by atoms with van der Waals surface area (Å²) in [6.07, 6.45) is 1.05. The second-order valence-corrected chi connectivity index (χ2v) is 8.22. The van der Waals surface area contributed by atoms with Gasteiger partial charge in [-0.05, 0) is 32.3 Å². The Bertz CT molecular complexity index is 674. The third kappa shape index (κ3) is 3.73. The first-order chi connectivity index (χ1) is 10.7. The molecular weight excluding hydrogens is 318 g/mol. The summed E-state index contributed by atoms with van der Waals surface area (Å²) in [6, 6.07) is 4.47. The third-order valence-corrected chi connectivity index (χ3v) is 6.28. The van der Waals surface area contributed by atoms with E-state index in [1.165, 1.54) is 14.2 Å². The van der Waals surface area contributed by atoms with Crippen molar-refractivity contribution in [2.75, 3.05) is 20.8 Å². The van der Waals surface area contributed by atoms with Gasteiger partial charge in [0.05, 0.1) is 13.7 Å². The summed E-state index contributed by atoms with van der Waals surface area (Å²) in [6.45, 7) is 3.91. The molecule has 1 saturated carbocycles. The van der Waals surface area contributed by atoms with E-state index in [9.17, 15) is 13.2 Å². The van der Waals surface area contributed by atoms with Crippen molar-refractivity contribution in [3.05, 3.63) is 34.9 Å². The number of nitrogens with one attached hydrogen (secondary N) is 1. The van der Waals surface area contributed by atoms with Crippen molar-refractivity contribution in [2.24, 2.45) is 0 Å². The number of ether oxygens (including phenoxy) is 2. The SMILES string of the molecule is COCC1(S(=O)(=O)N[C@@H](C(=O)OC)c2cc(C)cc(C)c2)CC1. The van der Waals surface area contributed by atoms with Gasteiger partial charge in [-0.1, -0.05) is 29.3 Å². The van der Waals surface area contributed by atoms with Crippen LogP contribution < -0.4 is 4.72 Å². The summed E-state index contributed by atoms with van der Waals surface area (Å²) < 4.78 is 36.8. The van der Waals surface area contributed by atoms with Gasteiger partial charge in [-0.15, -0.1) is 0 Å². The normalized spacial score (nSPS) is 17.6. The van der Waals surface area contributed by atoms with Crippen LogP contribution in [0.1, 0.15) is 35.6 Å². The van der Waals surface area contributed by atoms with E-state index >= 15 is 0 Å². The minimum Gasteiger partial charge on any atom is -0.468 e. The van der Waals surface area contributed by atoms with Crippen LogP contribution in [-0.4, -0.2) is 40.0 Å². The predicted molar refractivity (Wildman–Crippen MR) is 86.6 cm³/mol. The van der Waals surface area contributed by atoms with Gasteiger partial charge < -0.3 is 9.47 Å². The van der Waals surface area contributed by atoms with E-state index in [1.807, 2.05) is 19.9 Å². The lowest BCUT2D eigenvalue weighted by Crippen LogP contribution is -2.43. The molecule has 0 aromatic heterocycles. The third-order valence-electron chi connectivity index (χ3n) is 4.07. The Balaban J connectivity index is 2.35. The minimum absolute atomic E-state index is 0.114. The van der Waals surface area contributed by atoms with Crippen molar-refractivity contribution >= 4 is 16.0 Å². The summed E-state index contributed by atoms with van der Waals surface area (Å²) in [5, 5.41) is 0. The van der Waals surface area contributed by atoms with Gasteiger partial charge in [0, 0.05) is 7.11 Å². The maximum absolute atomic E-state index is 12.7. The maximum atomic E-state index is 12.7. The second-order valence-electron chi connectivity index (χ2n) is 6.11. The Morgan fingerprint density at radius 2 is 1.78 bits per heavy atom. The number of methoxy groups -OCH3 is 2. The van der Waals surface area contributed by atoms with Gasteiger partial charge >= 0.3 is 5.97 Å². The largest absolute Gasteiger partial charge is 0.468 e. The molecule has 0 bridgehead atoms. The zero-order valence-corrected chi connectivity index (χ0v) is 14.7. The summed E-state index contributed by atoms with van der Waals surface area (Å²) in [5.74, 6) is -0.633. The Morgan fingerprint density at radius 1 is 1.22 bits per heavy atom. The van der Waals surface area contributed by atoms with Crippen molar-refractivity contribution in [1.82, 2.24) is 4.72 Å². The molecule has 2 rings (SSSR count). The summed E-state index contributed by atoms with van der Waals surface area (Å²) in [5.41, 5.74) is 2.48. The lowest BCUT2D eigenvalue weighted by molar-refractivity contribution is -0.142. The predicted octanol–water partition coefficient (Wildman–Crippen LogP) is 1.62. The molecule has 0 spiro atoms. The van der Waals surface area contributed by atoms with E-state index in [-0.39, 0.29) is 6.61 Å². The molecule has 1 aromatic rings. The van der Waals surface area contributed by atoms with E-state index in [0.29, 0.717) is 18.4 Å². The Morgan fingerprint density at radius 3 is 2.22 bits per heavy atom. The summed E-state index contributed by atoms with van der Waals surface area (Å²) in [4.78, 5) is 12.1. The molecule has 1 aromatic carbocycles. The van der Waals surface area contributed by atoms with Gasteiger partial charge in [0.25, 0.3) is 0 Å². The van der Waals surface area contributed by atoms with Crippen LogP contribution in [0.2, 0.25) is 0 Å². The van der Waals surface area contributed by atoms with Gasteiger partial charge in [0.2, 0.25) is 10.0 Å². The van der Waals surface area contributed by atoms with Gasteiger partial charge in [-0.2, -0.15) is 4.72 Å². The fourth-order valence-corrected chi connectivity index (χ4v) is 4.43. The average Bonchev–Trinajstić information content (AvgIpc) is 3.25. The number of carbonyl (C=O) groups excluding carboxylic acids is 1. The van der Waals surface area contributed by atoms with E-state index in [0.717, 1.165) is 11.1 Å². The fraction of sp³-hybridized carbons (Fsp3) is 0.562. The van der Waals surface area contributed by atoms with Crippen LogP contribution in [0.4, 0.5) is 0 Å². The molecule has 0 radical (unpaired) electrons. The maximum Gasteiger partial charge on any atom is 0.328 e. The van der Waals surface area contributed by atoms with Crippen LogP contribution in [-0.2, 0) is 24.3 Å². The topological polar surface area (TPSA) is 81.7 Å². The Labute approximate surface area is 137 Å². The van der Waals surface area contributed by atoms with Gasteiger partial charge in [0.15, 0.2) is 0 Å². The molecule has 1 N–H and O–H groups in total. The summed E-state index contributed by atoms with van der Waals surface area (Å²) >= 11 is 0. The fourth-order valence-electron chi connectivity index (χ4n) is 2.72. The highest BCUT2D eigenvalue weighted by Crippen LogP contribution is 2.43. The van der Waals surface area contributed by atoms with Crippen LogP contribution in [0.5, 0.6) is 0 Å². The lowest BCUT2D eigenvalue weighted by atomic mass is 10.0. The van der Waals surface area contributed by atoms with Crippen molar-refractivity contribution in [3.63, 3.8) is 0 Å². The number of esters is 1. The smallest absolute Gasteiger partial charge is 0.328 e. The van der Waals surface area contributed by atoms with Gasteiger partial charge in [-0.25, -0.2) is 13.2 Å². The highest BCUT2D eigenvalue weighted by Gasteiger charge is 2.55. The molecule has 128 valence electrons. The lowest BCUT2D eigenvalue weighted by Gasteiger charge is -2.22. The molecule has 1 aliphatic carbocycles. The zero-order chi connectivity index (χ0) is 17.3. The molecule has 1 fully saturated rings. The molecule has 0 amide bonds. The van der Waals surface area contributed by atoms with Crippen LogP contribution in [0.3, 0.4) is 0 Å². The van der Waals surface area contributed by atoms with Crippen molar-refractivity contribution in [3.8, 4) is 0 Å². The monoisotopic (exact) mass is 341 g/mol. The van der Waals surface area contributed by atoms with E-state index in [1.54, 1.807) is 12.1 Å². The molecule has 0 aliphatic heterocycles. The molecule has 1 atom stereocenters. The number of benzene rings is 1. The molecule has 0 heterocycles. The molecule has 0 unspecified atom stereocenters. The van der Waals surface area contributed by atoms with E-state index in [4.69, 9.17) is 9.47 Å². The Hall–Kier alpha value is -1.44. The molecule has 1 aliphatic rings. The molecule has 7 heteroatoms. The first-order valence-electron chi connectivity index (χ1n) is 7.41. The molecule has 6 nitrogen and oxygen atoms in total. The first-order valence-corrected chi connectivity index (χ1v) is 8.90. The van der Waals surface area contributed by atoms with Crippen LogP contribution in [0.15, 0.2) is 18.2 Å². The van der Waals surface area contributed by atoms with E-state index < -0.39 is 26.8 Å². The second kappa shape index (κ2) is 6.59. The highest BCUT2D eigenvalue weighted by atomic mass is 32.2. The van der Waals surface area contributed by atoms with Gasteiger partial charge in [-0.3, -0.25) is 0 Å². The first kappa shape index (κ1) is 17.9.